The van der Waals surface area contributed by atoms with Crippen LogP contribution in [0.1, 0.15) is 75.0 Å². The van der Waals surface area contributed by atoms with Crippen LogP contribution in [0.25, 0.3) is 66.4 Å². The minimum atomic E-state index is -0.987. The minimum absolute atomic E-state index is 0.367. The number of carbonyl (C=O) groups is 2. The Morgan fingerprint density at radius 2 is 0.821 bits per heavy atom. The molecular weight excluding hydrogens is 1240 g/mol. The molecule has 8 nitrogen and oxygen atoms in total. The Balaban J connectivity index is 0.000000191. The number of halogens is 4. The van der Waals surface area contributed by atoms with Gasteiger partial charge >= 0.3 is 11.9 Å². The van der Waals surface area contributed by atoms with Crippen molar-refractivity contribution in [2.45, 2.75) is 77.4 Å². The summed E-state index contributed by atoms with van der Waals surface area (Å²) in [5.41, 5.74) is 12.6. The molecule has 0 radical (unpaired) electrons. The molecule has 0 spiro atoms. The SMILES string of the molecule is CCCCCC[C@H](Oc1c(Br)cc(-c2ccc(-c3c(Cc4ccccc4)oc4ccccc34)cc2)cc1Br)C(=O)O.CC[C@H](Oc1c(Br)cc(-c2ccc(-c3c(Cc4ccccc4)oc4ccccc34)cc2)cc1Br)C(=O)O. The first-order valence-electron chi connectivity index (χ1n) is 26.0. The van der Waals surface area contributed by atoms with Gasteiger partial charge < -0.3 is 28.5 Å². The lowest BCUT2D eigenvalue weighted by molar-refractivity contribution is -0.146. The number of para-hydroxylation sites is 2. The van der Waals surface area contributed by atoms with E-state index in [2.05, 4.69) is 168 Å². The second-order valence-electron chi connectivity index (χ2n) is 19.0. The van der Waals surface area contributed by atoms with E-state index in [1.807, 2.05) is 84.9 Å². The summed E-state index contributed by atoms with van der Waals surface area (Å²) < 4.78 is 27.1. The number of unbranched alkanes of at least 4 members (excludes halogenated alkanes) is 3. The predicted molar refractivity (Wildman–Crippen MR) is 327 cm³/mol. The van der Waals surface area contributed by atoms with Gasteiger partial charge in [0.15, 0.2) is 12.2 Å². The predicted octanol–water partition coefficient (Wildman–Crippen LogP) is 19.8. The summed E-state index contributed by atoms with van der Waals surface area (Å²) in [5.74, 6) is 0.933. The van der Waals surface area contributed by atoms with Crippen molar-refractivity contribution >= 4 is 97.6 Å². The maximum atomic E-state index is 11.9. The second kappa shape index (κ2) is 26.3. The lowest BCUT2D eigenvalue weighted by Gasteiger charge is -2.18. The molecule has 0 bridgehead atoms. The van der Waals surface area contributed by atoms with Gasteiger partial charge in [0.2, 0.25) is 0 Å². The first kappa shape index (κ1) is 56.0. The molecule has 0 unspecified atom stereocenters. The topological polar surface area (TPSA) is 119 Å². The van der Waals surface area contributed by atoms with Crippen molar-refractivity contribution in [1.29, 1.82) is 0 Å². The Labute approximate surface area is 488 Å². The number of hydrogen-bond donors (Lipinski definition) is 2. The highest BCUT2D eigenvalue weighted by atomic mass is 79.9. The monoisotopic (exact) mass is 1290 g/mol. The van der Waals surface area contributed by atoms with Gasteiger partial charge in [0.25, 0.3) is 0 Å². The van der Waals surface area contributed by atoms with Crippen LogP contribution >= 0.6 is 63.7 Å². The molecule has 0 saturated heterocycles. The fraction of sp³-hybridized carbons (Fsp3) is 0.182. The van der Waals surface area contributed by atoms with Crippen LogP contribution in [-0.4, -0.2) is 34.4 Å². The van der Waals surface area contributed by atoms with Crippen molar-refractivity contribution in [2.24, 2.45) is 0 Å². The highest BCUT2D eigenvalue weighted by Crippen LogP contribution is 2.43. The Morgan fingerprint density at radius 1 is 0.449 bits per heavy atom. The Kier molecular flexibility index (Phi) is 18.9. The Bertz CT molecular complexity index is 3620. The van der Waals surface area contributed by atoms with Crippen LogP contribution in [0.2, 0.25) is 0 Å². The number of ether oxygens (including phenoxy) is 2. The van der Waals surface area contributed by atoms with Crippen LogP contribution in [-0.2, 0) is 22.4 Å². The summed E-state index contributed by atoms with van der Waals surface area (Å²) in [7, 11) is 0. The molecule has 2 heterocycles. The molecule has 0 fully saturated rings. The smallest absolute Gasteiger partial charge is 0.344 e. The maximum Gasteiger partial charge on any atom is 0.344 e. The summed E-state index contributed by atoms with van der Waals surface area (Å²) in [6.07, 6.45) is 4.50. The van der Waals surface area contributed by atoms with Gasteiger partial charge in [0.1, 0.15) is 34.2 Å². The molecule has 396 valence electrons. The van der Waals surface area contributed by atoms with E-state index in [1.165, 1.54) is 11.1 Å². The molecular formula is C66H56Br4O8. The number of aliphatic carboxylic acids is 2. The number of fused-ring (bicyclic) bond motifs is 2. The van der Waals surface area contributed by atoms with Gasteiger partial charge in [-0.3, -0.25) is 0 Å². The normalized spacial score (nSPS) is 12.0. The minimum Gasteiger partial charge on any atom is -0.479 e. The third-order valence-electron chi connectivity index (χ3n) is 13.5. The first-order chi connectivity index (χ1) is 37.9. The van der Waals surface area contributed by atoms with E-state index in [4.69, 9.17) is 18.3 Å². The maximum absolute atomic E-state index is 11.9. The summed E-state index contributed by atoms with van der Waals surface area (Å²) in [6, 6.07) is 61.7. The van der Waals surface area contributed by atoms with E-state index < -0.39 is 24.1 Å². The zero-order valence-corrected chi connectivity index (χ0v) is 49.3. The Hall–Kier alpha value is -6.70. The van der Waals surface area contributed by atoms with Gasteiger partial charge in [-0.25, -0.2) is 9.59 Å². The average Bonchev–Trinajstić information content (AvgIpc) is 4.01. The number of carboxylic acids is 2. The van der Waals surface area contributed by atoms with Crippen molar-refractivity contribution in [1.82, 2.24) is 0 Å². The quantitative estimate of drug-likeness (QED) is 0.0724. The van der Waals surface area contributed by atoms with E-state index in [1.54, 1.807) is 6.92 Å². The van der Waals surface area contributed by atoms with E-state index in [0.717, 1.165) is 104 Å². The molecule has 0 amide bonds. The van der Waals surface area contributed by atoms with Crippen molar-refractivity contribution in [3.05, 3.63) is 223 Å². The van der Waals surface area contributed by atoms with Crippen LogP contribution in [0.3, 0.4) is 0 Å². The van der Waals surface area contributed by atoms with Gasteiger partial charge in [-0.05, 0) is 164 Å². The molecule has 2 N–H and O–H groups in total. The zero-order valence-electron chi connectivity index (χ0n) is 43.0. The van der Waals surface area contributed by atoms with Gasteiger partial charge in [-0.15, -0.1) is 0 Å². The fourth-order valence-electron chi connectivity index (χ4n) is 9.56. The molecule has 2 atom stereocenters. The molecule has 2 aromatic heterocycles. The molecule has 0 aliphatic rings. The lowest BCUT2D eigenvalue weighted by Crippen LogP contribution is -2.27. The van der Waals surface area contributed by atoms with E-state index in [-0.39, 0.29) is 0 Å². The molecule has 0 aliphatic heterocycles. The third kappa shape index (κ3) is 13.4. The second-order valence-corrected chi connectivity index (χ2v) is 22.4. The van der Waals surface area contributed by atoms with Gasteiger partial charge in [0, 0.05) is 34.7 Å². The molecule has 8 aromatic carbocycles. The van der Waals surface area contributed by atoms with E-state index >= 15 is 0 Å². The standard InChI is InChI=1S/C35H32Br2O4.C31H24Br2O4/c1-2-3-4-8-15-31(35(38)39)41-34-28(36)21-26(22-29(34)37)24-16-18-25(19-17-24)33-27-13-9-10-14-30(27)40-32(33)20-23-11-6-5-7-12-23;1-2-26(31(34)35)37-30-24(32)17-22(18-25(30)33)20-12-14-21(15-13-20)29-23-10-6-7-11-27(23)36-28(29)16-19-8-4-3-5-9-19/h5-7,9-14,16-19,21-22,31H,2-4,8,15,20H2,1H3,(H,38,39);3-15,17-18,26H,2,16H2,1H3,(H,34,35)/t31-;26-/m00/s1. The van der Waals surface area contributed by atoms with Crippen LogP contribution in [0.5, 0.6) is 11.5 Å². The fourth-order valence-corrected chi connectivity index (χ4v) is 12.3. The van der Waals surface area contributed by atoms with Gasteiger partial charge in [-0.2, -0.15) is 0 Å². The van der Waals surface area contributed by atoms with Crippen molar-refractivity contribution in [2.75, 3.05) is 0 Å². The zero-order chi connectivity index (χ0) is 54.7. The van der Waals surface area contributed by atoms with Crippen LogP contribution in [0.15, 0.2) is 209 Å². The third-order valence-corrected chi connectivity index (χ3v) is 15.9. The van der Waals surface area contributed by atoms with Crippen molar-refractivity contribution in [3.8, 4) is 56.0 Å². The molecule has 10 rings (SSSR count). The molecule has 0 aliphatic carbocycles. The number of rotatable bonds is 20. The Morgan fingerprint density at radius 3 is 1.21 bits per heavy atom. The van der Waals surface area contributed by atoms with Crippen LogP contribution in [0, 0.1) is 0 Å². The van der Waals surface area contributed by atoms with E-state index in [0.29, 0.717) is 55.1 Å². The molecule has 12 heteroatoms. The van der Waals surface area contributed by atoms with Crippen LogP contribution in [0.4, 0.5) is 0 Å². The van der Waals surface area contributed by atoms with Gasteiger partial charge in [0.05, 0.1) is 17.9 Å². The molecule has 0 saturated carbocycles. The lowest BCUT2D eigenvalue weighted by atomic mass is 9.96. The van der Waals surface area contributed by atoms with E-state index in [9.17, 15) is 19.8 Å². The summed E-state index contributed by atoms with van der Waals surface area (Å²) >= 11 is 14.4. The first-order valence-corrected chi connectivity index (χ1v) is 29.1. The summed E-state index contributed by atoms with van der Waals surface area (Å²) in [5, 5.41) is 21.3. The van der Waals surface area contributed by atoms with Crippen LogP contribution < -0.4 is 9.47 Å². The largest absolute Gasteiger partial charge is 0.479 e. The molecule has 78 heavy (non-hydrogen) atoms. The number of benzene rings is 8. The number of carboxylic acid groups (broad SMARTS) is 2. The average molecular weight is 1300 g/mol. The summed E-state index contributed by atoms with van der Waals surface area (Å²) in [6.45, 7) is 3.92. The van der Waals surface area contributed by atoms with Crippen molar-refractivity contribution < 1.29 is 38.1 Å². The number of furan rings is 2. The molecule has 10 aromatic rings. The highest BCUT2D eigenvalue weighted by molar-refractivity contribution is 9.11. The van der Waals surface area contributed by atoms with Gasteiger partial charge in [-0.1, -0.05) is 179 Å². The highest BCUT2D eigenvalue weighted by Gasteiger charge is 2.24. The summed E-state index contributed by atoms with van der Waals surface area (Å²) in [4.78, 5) is 23.3. The number of hydrogen-bond acceptors (Lipinski definition) is 6. The van der Waals surface area contributed by atoms with Crippen molar-refractivity contribution in [3.63, 3.8) is 0 Å².